The van der Waals surface area contributed by atoms with E-state index in [9.17, 15) is 0 Å². The van der Waals surface area contributed by atoms with Crippen molar-refractivity contribution in [2.24, 2.45) is 0 Å². The van der Waals surface area contributed by atoms with Gasteiger partial charge in [0.1, 0.15) is 0 Å². The van der Waals surface area contributed by atoms with Crippen LogP contribution in [-0.2, 0) is 10.5 Å². The van der Waals surface area contributed by atoms with Crippen molar-refractivity contribution in [3.05, 3.63) is 35.9 Å². The van der Waals surface area contributed by atoms with Gasteiger partial charge >= 0.3 is 0 Å². The highest BCUT2D eigenvalue weighted by Gasteiger charge is 2.07. The van der Waals surface area contributed by atoms with E-state index < -0.39 is 8.32 Å². The fourth-order valence-electron chi connectivity index (χ4n) is 1.16. The lowest BCUT2D eigenvalue weighted by Crippen LogP contribution is -2.32. The summed E-state index contributed by atoms with van der Waals surface area (Å²) >= 11 is 0. The standard InChI is InChI=1S/C10H16OSi/c1-11-12(2,3)9-10-7-5-4-6-8-10/h4-8H,9H2,1-3H3/q-1. The summed E-state index contributed by atoms with van der Waals surface area (Å²) in [6, 6.07) is 11.6. The van der Waals surface area contributed by atoms with Gasteiger partial charge in [-0.05, 0) is 15.4 Å². The van der Waals surface area contributed by atoms with Crippen LogP contribution < -0.4 is 0 Å². The molecule has 12 heavy (non-hydrogen) atoms. The van der Waals surface area contributed by atoms with E-state index in [1.807, 2.05) is 13.2 Å². The topological polar surface area (TPSA) is 9.23 Å². The first-order chi connectivity index (χ1) is 5.64. The van der Waals surface area contributed by atoms with Gasteiger partial charge in [0, 0.05) is 0 Å². The SMILES string of the molecule is CO[Si-](C)(C)Cc1ccccc1. The van der Waals surface area contributed by atoms with Crippen LogP contribution in [0.3, 0.4) is 0 Å². The Hall–Kier alpha value is -0.603. The largest absolute Gasteiger partial charge is 0.567 e. The van der Waals surface area contributed by atoms with E-state index in [1.54, 1.807) is 0 Å². The molecule has 0 amide bonds. The molecular formula is C10H16OSi-. The van der Waals surface area contributed by atoms with Crippen LogP contribution >= 0.6 is 0 Å². The van der Waals surface area contributed by atoms with Crippen LogP contribution in [0.1, 0.15) is 5.56 Å². The predicted octanol–water partition coefficient (Wildman–Crippen LogP) is 2.62. The zero-order valence-electron chi connectivity index (χ0n) is 8.00. The highest BCUT2D eigenvalue weighted by Crippen LogP contribution is 2.11. The normalized spacial score (nSPS) is 11.6. The van der Waals surface area contributed by atoms with E-state index in [1.165, 1.54) is 5.56 Å². The van der Waals surface area contributed by atoms with Crippen molar-refractivity contribution < 1.29 is 4.43 Å². The van der Waals surface area contributed by atoms with Crippen LogP contribution in [-0.4, -0.2) is 15.4 Å². The molecule has 1 aromatic carbocycles. The monoisotopic (exact) mass is 180 g/mol. The molecule has 0 aliphatic heterocycles. The Labute approximate surface area is 75.5 Å². The molecule has 0 unspecified atom stereocenters. The Bertz CT molecular complexity index is 231. The number of hydrogen-bond donors (Lipinski definition) is 0. The van der Waals surface area contributed by atoms with Crippen molar-refractivity contribution in [1.82, 2.24) is 0 Å². The van der Waals surface area contributed by atoms with E-state index >= 15 is 0 Å². The summed E-state index contributed by atoms with van der Waals surface area (Å²) in [7, 11) is 0.397. The van der Waals surface area contributed by atoms with Crippen molar-refractivity contribution >= 4 is 8.32 Å². The Morgan fingerprint density at radius 3 is 2.25 bits per heavy atom. The van der Waals surface area contributed by atoms with E-state index in [0.29, 0.717) is 0 Å². The molecule has 1 aromatic rings. The molecule has 0 aliphatic carbocycles. The average molecular weight is 180 g/mol. The third-order valence-electron chi connectivity index (χ3n) is 2.03. The van der Waals surface area contributed by atoms with E-state index in [-0.39, 0.29) is 0 Å². The van der Waals surface area contributed by atoms with Crippen molar-refractivity contribution in [3.63, 3.8) is 0 Å². The van der Waals surface area contributed by atoms with Gasteiger partial charge in [-0.2, -0.15) is 0 Å². The minimum absolute atomic E-state index is 1.10. The molecule has 1 nitrogen and oxygen atoms in total. The molecule has 1 rings (SSSR count). The molecule has 0 saturated carbocycles. The van der Waals surface area contributed by atoms with Gasteiger partial charge in [0.15, 0.2) is 0 Å². The molecule has 0 radical (unpaired) electrons. The van der Waals surface area contributed by atoms with Gasteiger partial charge in [0.05, 0.1) is 0 Å². The Morgan fingerprint density at radius 2 is 1.75 bits per heavy atom. The van der Waals surface area contributed by atoms with Crippen LogP contribution in [0, 0.1) is 0 Å². The second-order valence-corrected chi connectivity index (χ2v) is 7.91. The van der Waals surface area contributed by atoms with E-state index in [4.69, 9.17) is 4.43 Å². The van der Waals surface area contributed by atoms with Crippen LogP contribution in [0.5, 0.6) is 0 Å². The van der Waals surface area contributed by atoms with Gasteiger partial charge in [0.25, 0.3) is 0 Å². The minimum Gasteiger partial charge on any atom is -0.567 e. The zero-order chi connectivity index (χ0) is 9.03. The maximum Gasteiger partial charge on any atom is -0.00862 e. The molecule has 0 atom stereocenters. The number of benzene rings is 1. The van der Waals surface area contributed by atoms with Gasteiger partial charge in [-0.25, -0.2) is 0 Å². The molecule has 0 heterocycles. The second kappa shape index (κ2) is 3.87. The van der Waals surface area contributed by atoms with E-state index in [0.717, 1.165) is 6.04 Å². The summed E-state index contributed by atoms with van der Waals surface area (Å²) in [4.78, 5) is 0. The van der Waals surface area contributed by atoms with Crippen LogP contribution in [0.15, 0.2) is 30.3 Å². The van der Waals surface area contributed by atoms with Crippen molar-refractivity contribution in [3.8, 4) is 0 Å². The van der Waals surface area contributed by atoms with Gasteiger partial charge < -0.3 is 4.43 Å². The van der Waals surface area contributed by atoms with E-state index in [2.05, 4.69) is 37.4 Å². The molecule has 0 saturated heterocycles. The average Bonchev–Trinajstić information content (AvgIpc) is 2.06. The zero-order valence-corrected chi connectivity index (χ0v) is 9.00. The highest BCUT2D eigenvalue weighted by molar-refractivity contribution is 6.70. The molecule has 0 N–H and O–H groups in total. The number of rotatable bonds is 3. The third kappa shape index (κ3) is 2.79. The predicted molar refractivity (Wildman–Crippen MR) is 54.6 cm³/mol. The summed E-state index contributed by atoms with van der Waals surface area (Å²) in [5.41, 5.74) is 1.39. The lowest BCUT2D eigenvalue weighted by Gasteiger charge is -2.32. The summed E-state index contributed by atoms with van der Waals surface area (Å²) in [5.74, 6) is 0. The third-order valence-corrected chi connectivity index (χ3v) is 4.39. The second-order valence-electron chi connectivity index (χ2n) is 3.63. The van der Waals surface area contributed by atoms with Crippen LogP contribution in [0.2, 0.25) is 13.1 Å². The quantitative estimate of drug-likeness (QED) is 0.650. The minimum atomic E-state index is -1.42. The van der Waals surface area contributed by atoms with Crippen molar-refractivity contribution in [2.45, 2.75) is 19.1 Å². The first-order valence-corrected chi connectivity index (χ1v) is 7.35. The molecule has 67 valence electrons. The van der Waals surface area contributed by atoms with Gasteiger partial charge in [-0.1, -0.05) is 35.9 Å². The lowest BCUT2D eigenvalue weighted by atomic mass is 10.2. The first-order valence-electron chi connectivity index (χ1n) is 4.23. The summed E-state index contributed by atoms with van der Waals surface area (Å²) in [6.45, 7) is 4.47. The van der Waals surface area contributed by atoms with Gasteiger partial charge in [0.2, 0.25) is 0 Å². The summed E-state index contributed by atoms with van der Waals surface area (Å²) < 4.78 is 5.48. The molecule has 0 fully saturated rings. The Balaban J connectivity index is 2.64. The summed E-state index contributed by atoms with van der Waals surface area (Å²) in [6.07, 6.45) is 0. The Kier molecular flexibility index (Phi) is 3.06. The first kappa shape index (κ1) is 9.48. The maximum atomic E-state index is 5.48. The molecular weight excluding hydrogens is 164 g/mol. The lowest BCUT2D eigenvalue weighted by molar-refractivity contribution is 0.403. The smallest absolute Gasteiger partial charge is 0.00862 e. The van der Waals surface area contributed by atoms with Crippen molar-refractivity contribution in [2.75, 3.05) is 7.11 Å². The van der Waals surface area contributed by atoms with Crippen LogP contribution in [0.25, 0.3) is 0 Å². The molecule has 0 bridgehead atoms. The number of hydrogen-bond acceptors (Lipinski definition) is 1. The Morgan fingerprint density at radius 1 is 1.17 bits per heavy atom. The fraction of sp³-hybridized carbons (Fsp3) is 0.400. The molecule has 0 aliphatic rings. The molecule has 2 heteroatoms. The molecule has 0 aromatic heterocycles. The van der Waals surface area contributed by atoms with Gasteiger partial charge in [-0.3, -0.25) is 0 Å². The maximum absolute atomic E-state index is 5.48. The van der Waals surface area contributed by atoms with Gasteiger partial charge in [-0.15, -0.1) is 19.1 Å². The summed E-state index contributed by atoms with van der Waals surface area (Å²) in [5, 5.41) is 0. The van der Waals surface area contributed by atoms with Crippen molar-refractivity contribution in [1.29, 1.82) is 0 Å². The highest BCUT2D eigenvalue weighted by atomic mass is 28.4. The fourth-order valence-corrected chi connectivity index (χ4v) is 2.52. The van der Waals surface area contributed by atoms with Crippen LogP contribution in [0.4, 0.5) is 0 Å². The molecule has 0 spiro atoms.